The zero-order chi connectivity index (χ0) is 18.0. The van der Waals surface area contributed by atoms with Gasteiger partial charge in [-0.15, -0.1) is 0 Å². The molecule has 1 aliphatic rings. The fraction of sp³-hybridized carbons (Fsp3) is 0.105. The van der Waals surface area contributed by atoms with Crippen LogP contribution in [0.5, 0.6) is 23.0 Å². The maximum atomic E-state index is 11.7. The molecule has 6 nitrogen and oxygen atoms in total. The Bertz CT molecular complexity index is 895. The summed E-state index contributed by atoms with van der Waals surface area (Å²) in [7, 11) is 3.09. The molecule has 2 aromatic carbocycles. The van der Waals surface area contributed by atoms with E-state index in [1.165, 1.54) is 25.3 Å². The van der Waals surface area contributed by atoms with Crippen LogP contribution in [0, 0.1) is 0 Å². The van der Waals surface area contributed by atoms with Crippen molar-refractivity contribution in [2.75, 3.05) is 14.2 Å². The number of benzene rings is 2. The second kappa shape index (κ2) is 6.60. The Morgan fingerprint density at radius 1 is 0.960 bits per heavy atom. The maximum Gasteiger partial charge on any atom is 0.336 e. The quantitative estimate of drug-likeness (QED) is 0.657. The number of allylic oxidation sites excluding steroid dienone is 1. The van der Waals surface area contributed by atoms with Gasteiger partial charge in [-0.25, -0.2) is 4.79 Å². The van der Waals surface area contributed by atoms with Crippen LogP contribution in [0.4, 0.5) is 0 Å². The highest BCUT2D eigenvalue weighted by Crippen LogP contribution is 2.36. The van der Waals surface area contributed by atoms with E-state index in [1.807, 2.05) is 0 Å². The molecule has 0 saturated carbocycles. The first-order valence-electron chi connectivity index (χ1n) is 7.42. The van der Waals surface area contributed by atoms with Crippen LogP contribution >= 0.6 is 0 Å². The van der Waals surface area contributed by atoms with E-state index in [0.717, 1.165) is 5.56 Å². The number of ether oxygens (including phenoxy) is 3. The lowest BCUT2D eigenvalue weighted by Gasteiger charge is -2.09. The van der Waals surface area contributed by atoms with Gasteiger partial charge < -0.3 is 24.4 Å². The number of phenols is 2. The number of carbonyl (C=O) groups excluding carboxylic acids is 1. The Morgan fingerprint density at radius 2 is 1.72 bits per heavy atom. The molecule has 0 spiro atoms. The molecule has 3 rings (SSSR count). The Hall–Kier alpha value is -3.41. The van der Waals surface area contributed by atoms with E-state index < -0.39 is 5.97 Å². The van der Waals surface area contributed by atoms with Gasteiger partial charge in [-0.3, -0.25) is 0 Å². The summed E-state index contributed by atoms with van der Waals surface area (Å²) in [4.78, 5) is 11.7. The fourth-order valence-corrected chi connectivity index (χ4v) is 2.50. The Morgan fingerprint density at radius 3 is 2.40 bits per heavy atom. The summed E-state index contributed by atoms with van der Waals surface area (Å²) in [5.74, 6) is 0.459. The number of cyclic esters (lactones) is 1. The number of hydrogen-bond acceptors (Lipinski definition) is 6. The van der Waals surface area contributed by atoms with Crippen molar-refractivity contribution < 1.29 is 29.2 Å². The molecular weight excluding hydrogens is 324 g/mol. The van der Waals surface area contributed by atoms with Gasteiger partial charge in [0, 0.05) is 11.6 Å². The number of carbonyl (C=O) groups is 1. The molecule has 0 aliphatic carbocycles. The van der Waals surface area contributed by atoms with Crippen molar-refractivity contribution in [3.8, 4) is 23.0 Å². The summed E-state index contributed by atoms with van der Waals surface area (Å²) in [6.45, 7) is 0. The number of hydrogen-bond donors (Lipinski definition) is 2. The van der Waals surface area contributed by atoms with Gasteiger partial charge in [0.15, 0.2) is 23.0 Å². The number of esters is 1. The van der Waals surface area contributed by atoms with Crippen LogP contribution in [0.3, 0.4) is 0 Å². The Labute approximate surface area is 144 Å². The molecule has 0 unspecified atom stereocenters. The molecule has 0 amide bonds. The first kappa shape index (κ1) is 16.4. The molecule has 0 atom stereocenters. The van der Waals surface area contributed by atoms with E-state index in [4.69, 9.17) is 14.2 Å². The molecule has 0 aromatic heterocycles. The SMILES string of the molecule is COc1ccc(/C=C2\OC(=O)C=C2c2ccc(O)c(O)c2)cc1OC. The summed E-state index contributed by atoms with van der Waals surface area (Å²) in [5.41, 5.74) is 1.80. The summed E-state index contributed by atoms with van der Waals surface area (Å²) in [6, 6.07) is 9.60. The minimum absolute atomic E-state index is 0.236. The van der Waals surface area contributed by atoms with Gasteiger partial charge in [0.1, 0.15) is 5.76 Å². The van der Waals surface area contributed by atoms with Crippen molar-refractivity contribution in [3.05, 3.63) is 59.4 Å². The first-order valence-corrected chi connectivity index (χ1v) is 7.42. The summed E-state index contributed by atoms with van der Waals surface area (Å²) < 4.78 is 15.7. The molecule has 1 heterocycles. The van der Waals surface area contributed by atoms with Crippen LogP contribution in [-0.4, -0.2) is 30.4 Å². The van der Waals surface area contributed by atoms with Crippen molar-refractivity contribution in [1.82, 2.24) is 0 Å². The summed E-state index contributed by atoms with van der Waals surface area (Å²) in [5, 5.41) is 19.1. The monoisotopic (exact) mass is 340 g/mol. The smallest absolute Gasteiger partial charge is 0.336 e. The average molecular weight is 340 g/mol. The molecule has 0 bridgehead atoms. The molecule has 0 fully saturated rings. The Kier molecular flexibility index (Phi) is 4.35. The number of aromatic hydroxyl groups is 2. The maximum absolute atomic E-state index is 11.7. The van der Waals surface area contributed by atoms with Gasteiger partial charge in [0.2, 0.25) is 0 Å². The largest absolute Gasteiger partial charge is 0.504 e. The van der Waals surface area contributed by atoms with Crippen molar-refractivity contribution in [3.63, 3.8) is 0 Å². The predicted octanol–water partition coefficient (Wildman–Crippen LogP) is 3.10. The van der Waals surface area contributed by atoms with E-state index in [-0.39, 0.29) is 11.5 Å². The fourth-order valence-electron chi connectivity index (χ4n) is 2.50. The van der Waals surface area contributed by atoms with Gasteiger partial charge in [-0.1, -0.05) is 12.1 Å². The molecule has 2 N–H and O–H groups in total. The molecule has 1 aliphatic heterocycles. The highest BCUT2D eigenvalue weighted by atomic mass is 16.5. The normalized spacial score (nSPS) is 15.0. The zero-order valence-electron chi connectivity index (χ0n) is 13.6. The third-order valence-electron chi connectivity index (χ3n) is 3.73. The molecule has 2 aromatic rings. The number of methoxy groups -OCH3 is 2. The van der Waals surface area contributed by atoms with Crippen molar-refractivity contribution in [2.24, 2.45) is 0 Å². The van der Waals surface area contributed by atoms with Gasteiger partial charge in [-0.05, 0) is 41.5 Å². The van der Waals surface area contributed by atoms with Crippen LogP contribution in [0.2, 0.25) is 0 Å². The summed E-state index contributed by atoms with van der Waals surface area (Å²) in [6.07, 6.45) is 3.01. The standard InChI is InChI=1S/C19H16O6/c1-23-16-6-3-11(8-18(16)24-2)7-17-13(10-19(22)25-17)12-4-5-14(20)15(21)9-12/h3-10,20-21H,1-2H3/b17-7-. The third kappa shape index (κ3) is 3.28. The van der Waals surface area contributed by atoms with Gasteiger partial charge >= 0.3 is 5.97 Å². The molecule has 0 radical (unpaired) electrons. The molecule has 6 heteroatoms. The number of phenolic OH excluding ortho intramolecular Hbond substituents is 2. The molecular formula is C19H16O6. The van der Waals surface area contributed by atoms with E-state index in [0.29, 0.717) is 28.4 Å². The van der Waals surface area contributed by atoms with Gasteiger partial charge in [0.25, 0.3) is 0 Å². The number of rotatable bonds is 4. The second-order valence-electron chi connectivity index (χ2n) is 5.31. The van der Waals surface area contributed by atoms with Crippen LogP contribution in [0.1, 0.15) is 11.1 Å². The van der Waals surface area contributed by atoms with Crippen LogP contribution in [0.25, 0.3) is 11.6 Å². The minimum Gasteiger partial charge on any atom is -0.504 e. The van der Waals surface area contributed by atoms with Crippen LogP contribution in [0.15, 0.2) is 48.2 Å². The Balaban J connectivity index is 2.00. The molecule has 0 saturated heterocycles. The highest BCUT2D eigenvalue weighted by molar-refractivity contribution is 6.03. The topological polar surface area (TPSA) is 85.2 Å². The third-order valence-corrected chi connectivity index (χ3v) is 3.73. The van der Waals surface area contributed by atoms with Gasteiger partial charge in [0.05, 0.1) is 14.2 Å². The predicted molar refractivity (Wildman–Crippen MR) is 91.4 cm³/mol. The minimum atomic E-state index is -0.505. The first-order chi connectivity index (χ1) is 12.0. The van der Waals surface area contributed by atoms with E-state index >= 15 is 0 Å². The van der Waals surface area contributed by atoms with Crippen LogP contribution in [-0.2, 0) is 9.53 Å². The lowest BCUT2D eigenvalue weighted by atomic mass is 10.0. The molecule has 25 heavy (non-hydrogen) atoms. The van der Waals surface area contributed by atoms with Crippen LogP contribution < -0.4 is 9.47 Å². The van der Waals surface area contributed by atoms with E-state index in [2.05, 4.69) is 0 Å². The van der Waals surface area contributed by atoms with Crippen molar-refractivity contribution >= 4 is 17.6 Å². The zero-order valence-corrected chi connectivity index (χ0v) is 13.6. The summed E-state index contributed by atoms with van der Waals surface area (Å²) >= 11 is 0. The lowest BCUT2D eigenvalue weighted by Crippen LogP contribution is -1.93. The lowest BCUT2D eigenvalue weighted by molar-refractivity contribution is -0.132. The molecule has 128 valence electrons. The van der Waals surface area contributed by atoms with Crippen molar-refractivity contribution in [1.29, 1.82) is 0 Å². The second-order valence-corrected chi connectivity index (χ2v) is 5.31. The van der Waals surface area contributed by atoms with E-state index in [9.17, 15) is 15.0 Å². The van der Waals surface area contributed by atoms with Gasteiger partial charge in [-0.2, -0.15) is 0 Å². The highest BCUT2D eigenvalue weighted by Gasteiger charge is 2.22. The average Bonchev–Trinajstić information content (AvgIpc) is 2.97. The van der Waals surface area contributed by atoms with E-state index in [1.54, 1.807) is 37.5 Å². The van der Waals surface area contributed by atoms with Crippen molar-refractivity contribution in [2.45, 2.75) is 0 Å².